The zero-order chi connectivity index (χ0) is 22.3. The van der Waals surface area contributed by atoms with Gasteiger partial charge in [0.25, 0.3) is 0 Å². The van der Waals surface area contributed by atoms with Crippen molar-refractivity contribution in [3.05, 3.63) is 65.2 Å². The Morgan fingerprint density at radius 1 is 0.968 bits per heavy atom. The molecule has 4 N–H and O–H groups in total. The van der Waals surface area contributed by atoms with Crippen LogP contribution in [0.15, 0.2) is 48.5 Å². The Labute approximate surface area is 187 Å². The van der Waals surface area contributed by atoms with E-state index in [0.717, 1.165) is 51.9 Å². The molecule has 5 nitrogen and oxygen atoms in total. The number of aryl methyl sites for hydroxylation is 1. The van der Waals surface area contributed by atoms with Crippen LogP contribution in [0.1, 0.15) is 61.8 Å². The van der Waals surface area contributed by atoms with E-state index in [9.17, 15) is 15.3 Å². The van der Waals surface area contributed by atoms with Crippen molar-refractivity contribution in [3.8, 4) is 5.75 Å². The number of aliphatic hydroxyl groups is 2. The maximum atomic E-state index is 10.3. The lowest BCUT2D eigenvalue weighted by atomic mass is 10.0. The number of unbranched alkanes of at least 4 members (excludes halogenated alkanes) is 1. The van der Waals surface area contributed by atoms with Gasteiger partial charge in [0, 0.05) is 25.3 Å². The van der Waals surface area contributed by atoms with Crippen molar-refractivity contribution in [1.29, 1.82) is 0 Å². The number of aromatic hydroxyl groups is 1. The summed E-state index contributed by atoms with van der Waals surface area (Å²) in [5, 5.41) is 32.4. The molecule has 172 valence electrons. The van der Waals surface area contributed by atoms with E-state index < -0.39 is 6.10 Å². The average molecular weight is 430 g/mol. The first kappa shape index (κ1) is 25.3. The number of benzene rings is 2. The van der Waals surface area contributed by atoms with Gasteiger partial charge in [0.1, 0.15) is 5.75 Å². The maximum absolute atomic E-state index is 10.3. The number of aliphatic hydroxyl groups excluding tert-OH is 2. The minimum atomic E-state index is -0.656. The van der Waals surface area contributed by atoms with Crippen LogP contribution in [0.2, 0.25) is 0 Å². The highest BCUT2D eigenvalue weighted by Gasteiger charge is 2.10. The highest BCUT2D eigenvalue weighted by Crippen LogP contribution is 2.22. The van der Waals surface area contributed by atoms with Crippen LogP contribution < -0.4 is 5.32 Å². The smallest absolute Gasteiger partial charge is 0.121 e. The Morgan fingerprint density at radius 2 is 1.74 bits per heavy atom. The largest absolute Gasteiger partial charge is 0.508 e. The summed E-state index contributed by atoms with van der Waals surface area (Å²) in [6, 6.07) is 15.4. The lowest BCUT2D eigenvalue weighted by Crippen LogP contribution is -2.24. The first-order valence-corrected chi connectivity index (χ1v) is 11.5. The fourth-order valence-corrected chi connectivity index (χ4v) is 3.60. The molecule has 2 atom stereocenters. The second kappa shape index (κ2) is 15.0. The molecule has 2 aromatic rings. The van der Waals surface area contributed by atoms with Crippen molar-refractivity contribution in [2.24, 2.45) is 5.92 Å². The molecule has 0 fully saturated rings. The van der Waals surface area contributed by atoms with Crippen LogP contribution in [0, 0.1) is 5.92 Å². The van der Waals surface area contributed by atoms with Crippen LogP contribution in [0.25, 0.3) is 0 Å². The van der Waals surface area contributed by atoms with Crippen LogP contribution in [0.3, 0.4) is 0 Å². The average Bonchev–Trinajstić information content (AvgIpc) is 2.79. The van der Waals surface area contributed by atoms with Gasteiger partial charge in [-0.1, -0.05) is 43.3 Å². The molecule has 0 aliphatic carbocycles. The molecule has 2 unspecified atom stereocenters. The minimum Gasteiger partial charge on any atom is -0.508 e. The second-order valence-corrected chi connectivity index (χ2v) is 8.36. The molecule has 0 amide bonds. The molecule has 2 rings (SSSR count). The molecular weight excluding hydrogens is 390 g/mol. The Morgan fingerprint density at radius 3 is 2.52 bits per heavy atom. The molecule has 0 aliphatic heterocycles. The molecular formula is C26H39NO4. The predicted octanol–water partition coefficient (Wildman–Crippen LogP) is 4.35. The highest BCUT2D eigenvalue weighted by atomic mass is 16.5. The van der Waals surface area contributed by atoms with Gasteiger partial charge in [-0.2, -0.15) is 0 Å². The van der Waals surface area contributed by atoms with Crippen molar-refractivity contribution in [2.75, 3.05) is 26.3 Å². The van der Waals surface area contributed by atoms with Gasteiger partial charge in [-0.3, -0.25) is 0 Å². The number of hydrogen-bond acceptors (Lipinski definition) is 5. The topological polar surface area (TPSA) is 82.0 Å². The molecule has 0 heterocycles. The Balaban J connectivity index is 1.44. The number of phenols is 1. The summed E-state index contributed by atoms with van der Waals surface area (Å²) < 4.78 is 5.77. The van der Waals surface area contributed by atoms with Crippen LogP contribution in [-0.2, 0) is 17.8 Å². The van der Waals surface area contributed by atoms with Crippen LogP contribution in [-0.4, -0.2) is 41.6 Å². The fourth-order valence-electron chi connectivity index (χ4n) is 3.60. The maximum Gasteiger partial charge on any atom is 0.121 e. The second-order valence-electron chi connectivity index (χ2n) is 8.36. The van der Waals surface area contributed by atoms with Gasteiger partial charge in [-0.25, -0.2) is 0 Å². The third kappa shape index (κ3) is 10.3. The molecule has 31 heavy (non-hydrogen) atoms. The quantitative estimate of drug-likeness (QED) is 0.298. The van der Waals surface area contributed by atoms with E-state index in [1.165, 1.54) is 18.1 Å². The molecule has 0 spiro atoms. The summed E-state index contributed by atoms with van der Waals surface area (Å²) in [5.41, 5.74) is 2.53. The van der Waals surface area contributed by atoms with Gasteiger partial charge in [0.05, 0.1) is 12.7 Å². The summed E-state index contributed by atoms with van der Waals surface area (Å²) in [5.74, 6) is 0.664. The first-order valence-electron chi connectivity index (χ1n) is 11.5. The number of ether oxygens (including phenoxy) is 1. The van der Waals surface area contributed by atoms with Crippen LogP contribution >= 0.6 is 0 Å². The summed E-state index contributed by atoms with van der Waals surface area (Å²) >= 11 is 0. The van der Waals surface area contributed by atoms with E-state index in [0.29, 0.717) is 23.6 Å². The van der Waals surface area contributed by atoms with Crippen molar-refractivity contribution in [1.82, 2.24) is 5.32 Å². The fraction of sp³-hybridized carbons (Fsp3) is 0.538. The van der Waals surface area contributed by atoms with Gasteiger partial charge < -0.3 is 25.4 Å². The molecule has 5 heteroatoms. The molecule has 0 bridgehead atoms. The van der Waals surface area contributed by atoms with Crippen LogP contribution in [0.5, 0.6) is 5.75 Å². The summed E-state index contributed by atoms with van der Waals surface area (Å²) in [6.45, 7) is 4.99. The van der Waals surface area contributed by atoms with E-state index in [-0.39, 0.29) is 12.4 Å². The third-order valence-electron chi connectivity index (χ3n) is 5.64. The Kier molecular flexibility index (Phi) is 12.2. The van der Waals surface area contributed by atoms with Gasteiger partial charge in [0.2, 0.25) is 0 Å². The van der Waals surface area contributed by atoms with Gasteiger partial charge >= 0.3 is 0 Å². The van der Waals surface area contributed by atoms with Gasteiger partial charge in [-0.05, 0) is 74.2 Å². The minimum absolute atomic E-state index is 0.0522. The number of nitrogens with one attached hydrogen (secondary N) is 1. The molecule has 0 aromatic heterocycles. The number of rotatable bonds is 16. The van der Waals surface area contributed by atoms with Gasteiger partial charge in [-0.15, -0.1) is 0 Å². The van der Waals surface area contributed by atoms with Crippen molar-refractivity contribution >= 4 is 0 Å². The van der Waals surface area contributed by atoms with E-state index in [1.807, 2.05) is 0 Å². The Hall–Kier alpha value is -1.92. The lowest BCUT2D eigenvalue weighted by molar-refractivity contribution is 0.123. The molecule has 0 radical (unpaired) electrons. The van der Waals surface area contributed by atoms with Crippen molar-refractivity contribution in [3.63, 3.8) is 0 Å². The van der Waals surface area contributed by atoms with E-state index in [1.54, 1.807) is 12.1 Å². The lowest BCUT2D eigenvalue weighted by Gasteiger charge is -2.15. The van der Waals surface area contributed by atoms with Gasteiger partial charge in [0.15, 0.2) is 0 Å². The first-order chi connectivity index (χ1) is 15.1. The third-order valence-corrected chi connectivity index (χ3v) is 5.64. The normalized spacial score (nSPS) is 13.3. The van der Waals surface area contributed by atoms with E-state index >= 15 is 0 Å². The van der Waals surface area contributed by atoms with Crippen molar-refractivity contribution in [2.45, 2.75) is 58.2 Å². The summed E-state index contributed by atoms with van der Waals surface area (Å²) in [4.78, 5) is 0. The van der Waals surface area contributed by atoms with Crippen molar-refractivity contribution < 1.29 is 20.1 Å². The summed E-state index contributed by atoms with van der Waals surface area (Å²) in [6.07, 6.45) is 6.03. The molecule has 0 saturated heterocycles. The monoisotopic (exact) mass is 429 g/mol. The van der Waals surface area contributed by atoms with E-state index in [4.69, 9.17) is 4.74 Å². The molecule has 0 aliphatic rings. The molecule has 0 saturated carbocycles. The summed E-state index contributed by atoms with van der Waals surface area (Å²) in [7, 11) is 0. The molecule has 2 aromatic carbocycles. The number of hydrogen-bond donors (Lipinski definition) is 4. The zero-order valence-electron chi connectivity index (χ0n) is 18.8. The predicted molar refractivity (Wildman–Crippen MR) is 125 cm³/mol. The Bertz CT molecular complexity index is 723. The van der Waals surface area contributed by atoms with Crippen LogP contribution in [0.4, 0.5) is 0 Å². The standard InChI is InChI=1S/C26H39NO4/c1-21(8-7-17-31-16-6-5-11-22-9-3-2-4-10-22)14-15-27-19-26(30)23-12-13-25(29)24(18-23)20-28/h2-4,9-10,12-13,18,21,26-30H,5-8,11,14-17,19-20H2,1H3. The highest BCUT2D eigenvalue weighted by molar-refractivity contribution is 5.36. The zero-order valence-corrected chi connectivity index (χ0v) is 18.8. The van der Waals surface area contributed by atoms with E-state index in [2.05, 4.69) is 42.6 Å². The SMILES string of the molecule is CC(CCCOCCCCc1ccccc1)CCNCC(O)c1ccc(O)c(CO)c1.